The third kappa shape index (κ3) is 10.8. The first kappa shape index (κ1) is 8.96. The molecular weight excluding hydrogens is 278 g/mol. The summed E-state index contributed by atoms with van der Waals surface area (Å²) in [5.41, 5.74) is 0. The van der Waals surface area contributed by atoms with Crippen molar-refractivity contribution in [2.75, 3.05) is 0 Å². The van der Waals surface area contributed by atoms with Gasteiger partial charge in [-0.15, -0.1) is 0 Å². The molecule has 0 atom stereocenters. The van der Waals surface area contributed by atoms with Gasteiger partial charge in [-0.05, 0) is 4.08 Å². The first-order valence-corrected chi connectivity index (χ1v) is 1.87. The van der Waals surface area contributed by atoms with Gasteiger partial charge in [0.2, 0.25) is 0 Å². The Labute approximate surface area is 56.8 Å². The maximum Gasteiger partial charge on any atom is -0.0306 e. The van der Waals surface area contributed by atoms with E-state index in [4.69, 9.17) is 0 Å². The lowest BCUT2D eigenvalue weighted by molar-refractivity contribution is -0.000000516. The summed E-state index contributed by atoms with van der Waals surface area (Å²) in [5, 5.41) is 0. The van der Waals surface area contributed by atoms with Crippen LogP contribution in [0.3, 0.4) is 0 Å². The molecule has 0 saturated heterocycles. The van der Waals surface area contributed by atoms with E-state index in [1.165, 1.54) is 0 Å². The molecule has 0 fully saturated rings. The van der Waals surface area contributed by atoms with Crippen molar-refractivity contribution in [1.29, 1.82) is 0 Å². The van der Waals surface area contributed by atoms with Gasteiger partial charge in [0.25, 0.3) is 0 Å². The molecular formula is C2H3I2-. The van der Waals surface area contributed by atoms with Crippen LogP contribution >= 0.6 is 22.6 Å². The van der Waals surface area contributed by atoms with Gasteiger partial charge < -0.3 is 24.0 Å². The molecule has 0 spiro atoms. The van der Waals surface area contributed by atoms with Crippen LogP contribution in [-0.4, -0.2) is 0 Å². The molecule has 0 saturated carbocycles. The molecule has 0 heterocycles. The van der Waals surface area contributed by atoms with Crippen molar-refractivity contribution in [2.24, 2.45) is 0 Å². The molecule has 0 aromatic rings. The summed E-state index contributed by atoms with van der Waals surface area (Å²) in [6.07, 6.45) is 0. The van der Waals surface area contributed by atoms with E-state index in [-0.39, 0.29) is 24.0 Å². The first-order valence-electron chi connectivity index (χ1n) is 0.626. The van der Waals surface area contributed by atoms with Crippen LogP contribution < -0.4 is 24.0 Å². The van der Waals surface area contributed by atoms with Crippen molar-refractivity contribution in [3.05, 3.63) is 10.7 Å². The Morgan fingerprint density at radius 1 is 1.75 bits per heavy atom. The van der Waals surface area contributed by atoms with E-state index in [0.717, 1.165) is 0 Å². The van der Waals surface area contributed by atoms with Crippen LogP contribution in [0.15, 0.2) is 10.7 Å². The molecule has 26 valence electrons. The van der Waals surface area contributed by atoms with Crippen molar-refractivity contribution in [1.82, 2.24) is 0 Å². The van der Waals surface area contributed by atoms with Crippen LogP contribution in [0.25, 0.3) is 0 Å². The molecule has 0 aliphatic rings. The molecule has 0 bridgehead atoms. The maximum atomic E-state index is 3.35. The van der Waals surface area contributed by atoms with Crippen LogP contribution in [0, 0.1) is 0 Å². The summed E-state index contributed by atoms with van der Waals surface area (Å²) in [6, 6.07) is 0. The third-order valence-corrected chi connectivity index (χ3v) is 0. The van der Waals surface area contributed by atoms with E-state index >= 15 is 0 Å². The quantitative estimate of drug-likeness (QED) is 0.478. The van der Waals surface area contributed by atoms with E-state index in [0.29, 0.717) is 0 Å². The Morgan fingerprint density at radius 3 is 1.75 bits per heavy atom. The largest absolute Gasteiger partial charge is 1.00 e. The molecule has 0 unspecified atom stereocenters. The number of halogens is 2. The highest BCUT2D eigenvalue weighted by Gasteiger charge is 1.18. The van der Waals surface area contributed by atoms with E-state index in [9.17, 15) is 0 Å². The van der Waals surface area contributed by atoms with E-state index in [1.807, 2.05) is 0 Å². The molecule has 4 heavy (non-hydrogen) atoms. The minimum Gasteiger partial charge on any atom is -1.00 e. The van der Waals surface area contributed by atoms with Gasteiger partial charge in [-0.1, -0.05) is 29.2 Å². The number of hydrogen-bond acceptors (Lipinski definition) is 0. The number of rotatable bonds is 0. The fourth-order valence-corrected chi connectivity index (χ4v) is 0. The van der Waals surface area contributed by atoms with Gasteiger partial charge in [0.15, 0.2) is 0 Å². The average Bonchev–Trinajstić information content (AvgIpc) is 0.918. The van der Waals surface area contributed by atoms with Gasteiger partial charge in [-0.2, -0.15) is 0 Å². The summed E-state index contributed by atoms with van der Waals surface area (Å²) in [7, 11) is 0. The van der Waals surface area contributed by atoms with Crippen molar-refractivity contribution >= 4 is 22.6 Å². The van der Waals surface area contributed by atoms with Crippen LogP contribution in [0.4, 0.5) is 0 Å². The summed E-state index contributed by atoms with van der Waals surface area (Å²) < 4.78 is 1.72. The molecule has 0 aliphatic heterocycles. The third-order valence-electron chi connectivity index (χ3n) is 0. The predicted molar refractivity (Wildman–Crippen MR) is 24.2 cm³/mol. The smallest absolute Gasteiger partial charge is 0.0306 e. The second-order valence-electron chi connectivity index (χ2n) is 0.154. The minimum atomic E-state index is 0. The van der Waals surface area contributed by atoms with Gasteiger partial charge in [0.1, 0.15) is 0 Å². The highest BCUT2D eigenvalue weighted by atomic mass is 127. The van der Waals surface area contributed by atoms with Crippen LogP contribution in [-0.2, 0) is 0 Å². The highest BCUT2D eigenvalue weighted by Crippen LogP contribution is 1.70. The normalized spacial score (nSPS) is 3.25. The van der Waals surface area contributed by atoms with E-state index in [2.05, 4.69) is 29.2 Å². The monoisotopic (exact) mass is 281 g/mol. The topological polar surface area (TPSA) is 0 Å². The number of hydrogen-bond donors (Lipinski definition) is 0. The van der Waals surface area contributed by atoms with Gasteiger partial charge >= 0.3 is 0 Å². The molecule has 0 aliphatic carbocycles. The summed E-state index contributed by atoms with van der Waals surface area (Å²) in [5.74, 6) is 0. The Morgan fingerprint density at radius 2 is 1.75 bits per heavy atom. The summed E-state index contributed by atoms with van der Waals surface area (Å²) in [4.78, 5) is 0. The van der Waals surface area contributed by atoms with Gasteiger partial charge in [0.05, 0.1) is 0 Å². The zero-order valence-corrected chi connectivity index (χ0v) is 6.36. The second-order valence-corrected chi connectivity index (χ2v) is 1.04. The SMILES string of the molecule is C=CI.[I-]. The van der Waals surface area contributed by atoms with Crippen molar-refractivity contribution in [3.63, 3.8) is 0 Å². The van der Waals surface area contributed by atoms with Crippen molar-refractivity contribution in [3.8, 4) is 0 Å². The van der Waals surface area contributed by atoms with Crippen molar-refractivity contribution in [2.45, 2.75) is 0 Å². The molecule has 2 heteroatoms. The molecule has 0 nitrogen and oxygen atoms in total. The maximum absolute atomic E-state index is 3.35. The zero-order chi connectivity index (χ0) is 2.71. The first-order chi connectivity index (χ1) is 1.41. The highest BCUT2D eigenvalue weighted by molar-refractivity contribution is 14.1. The average molecular weight is 281 g/mol. The second kappa shape index (κ2) is 8.89. The lowest BCUT2D eigenvalue weighted by Gasteiger charge is -1.27. The fraction of sp³-hybridized carbons (Fsp3) is 0. The van der Waals surface area contributed by atoms with Crippen LogP contribution in [0.1, 0.15) is 0 Å². The minimum absolute atomic E-state index is 0. The standard InChI is InChI=1S/C2H3I.HI/c1-2-3;/h2H,1H2;1H/p-1. The van der Waals surface area contributed by atoms with E-state index in [1.54, 1.807) is 4.08 Å². The Balaban J connectivity index is 0. The molecule has 0 radical (unpaired) electrons. The van der Waals surface area contributed by atoms with Gasteiger partial charge in [-0.25, -0.2) is 0 Å². The molecule has 0 N–H and O–H groups in total. The zero-order valence-electron chi connectivity index (χ0n) is 2.04. The lowest BCUT2D eigenvalue weighted by atomic mass is 11.3. The Bertz CT molecular complexity index is 11.5. The Hall–Kier alpha value is 1.20. The van der Waals surface area contributed by atoms with Crippen LogP contribution in [0.5, 0.6) is 0 Å². The predicted octanol–water partition coefficient (Wildman–Crippen LogP) is -1.43. The van der Waals surface area contributed by atoms with Gasteiger partial charge in [0, 0.05) is 0 Å². The van der Waals surface area contributed by atoms with E-state index < -0.39 is 0 Å². The Kier molecular flexibility index (Phi) is 19.9. The summed E-state index contributed by atoms with van der Waals surface area (Å²) in [6.45, 7) is 3.35. The summed E-state index contributed by atoms with van der Waals surface area (Å²) >= 11 is 2.05. The molecule has 0 rings (SSSR count). The lowest BCUT2D eigenvalue weighted by Crippen LogP contribution is -3.00. The molecule has 0 aromatic heterocycles. The fourth-order valence-electron chi connectivity index (χ4n) is 0. The van der Waals surface area contributed by atoms with Crippen molar-refractivity contribution < 1.29 is 24.0 Å². The van der Waals surface area contributed by atoms with Crippen LogP contribution in [0.2, 0.25) is 0 Å². The molecule has 0 aromatic carbocycles. The van der Waals surface area contributed by atoms with Gasteiger partial charge in [-0.3, -0.25) is 0 Å². The molecule has 0 amide bonds.